The van der Waals surface area contributed by atoms with Crippen LogP contribution in [0.2, 0.25) is 13.6 Å². The van der Waals surface area contributed by atoms with Crippen LogP contribution < -0.4 is 0 Å². The number of nitrogens with zero attached hydrogens (tertiary/aromatic N) is 2. The van der Waals surface area contributed by atoms with Crippen molar-refractivity contribution in [3.8, 4) is 0 Å². The summed E-state index contributed by atoms with van der Waals surface area (Å²) >= 11 is 0. The maximum atomic E-state index is 4.21. The predicted molar refractivity (Wildman–Crippen MR) is 102 cm³/mol. The number of hydrogen-bond donors (Lipinski definition) is 1. The average Bonchev–Trinajstić information content (AvgIpc) is 3.01. The third-order valence-corrected chi connectivity index (χ3v) is 7.86. The number of hydrogen-bond acceptors (Lipinski definition) is 2. The molecule has 1 radical (unpaired) electrons. The van der Waals surface area contributed by atoms with Crippen molar-refractivity contribution in [2.75, 3.05) is 0 Å². The maximum Gasteiger partial charge on any atom is 0.215 e. The van der Waals surface area contributed by atoms with Gasteiger partial charge in [-0.05, 0) is 43.3 Å². The van der Waals surface area contributed by atoms with Crippen LogP contribution in [0.15, 0.2) is 42.6 Å². The van der Waals surface area contributed by atoms with Gasteiger partial charge in [0.25, 0.3) is 0 Å². The molecule has 1 aromatic carbocycles. The molecule has 3 nitrogen and oxygen atoms in total. The van der Waals surface area contributed by atoms with Crippen molar-refractivity contribution in [3.63, 3.8) is 0 Å². The minimum Gasteiger partial charge on any atom is -0.379 e. The summed E-state index contributed by atoms with van der Waals surface area (Å²) in [6, 6.07) is 13.2. The summed E-state index contributed by atoms with van der Waals surface area (Å²) in [5.74, 6) is 0. The molecule has 0 amide bonds. The molecule has 1 aliphatic heterocycles. The smallest absolute Gasteiger partial charge is 0.215 e. The molecule has 0 saturated carbocycles. The first-order valence-corrected chi connectivity index (χ1v) is 9.90. The number of nitrogens with one attached hydrogen (secondary N) is 1. The molecule has 2 aromatic rings. The molecule has 6 heteroatoms. The lowest BCUT2D eigenvalue weighted by Gasteiger charge is -2.51. The Morgan fingerprint density at radius 1 is 1.04 bits per heavy atom. The van der Waals surface area contributed by atoms with Gasteiger partial charge in [-0.25, -0.2) is 0 Å². The fourth-order valence-electron chi connectivity index (χ4n) is 4.36. The maximum absolute atomic E-state index is 4.21. The Bertz CT molecular complexity index is 627. The highest BCUT2D eigenvalue weighted by Gasteiger charge is 2.48. The monoisotopic (exact) mass is 322 g/mol. The third-order valence-electron chi connectivity index (χ3n) is 5.17. The molecule has 1 aromatic heterocycles. The van der Waals surface area contributed by atoms with Crippen LogP contribution in [0.1, 0.15) is 42.9 Å². The van der Waals surface area contributed by atoms with Crippen molar-refractivity contribution in [2.24, 2.45) is 0 Å². The van der Waals surface area contributed by atoms with Crippen molar-refractivity contribution in [1.82, 2.24) is 14.9 Å². The highest BCUT2D eigenvalue weighted by atomic mass is 28.2. The first-order valence-electron chi connectivity index (χ1n) is 8.57. The first kappa shape index (κ1) is 16.6. The van der Waals surface area contributed by atoms with E-state index in [4.69, 9.17) is 0 Å². The molecule has 0 bridgehead atoms. The lowest BCUT2D eigenvalue weighted by atomic mass is 9.42. The van der Waals surface area contributed by atoms with Crippen molar-refractivity contribution in [2.45, 2.75) is 50.8 Å². The Morgan fingerprint density at radius 2 is 1.70 bits per heavy atom. The van der Waals surface area contributed by atoms with Crippen molar-refractivity contribution >= 4 is 23.2 Å². The van der Waals surface area contributed by atoms with Gasteiger partial charge >= 0.3 is 0 Å². The van der Waals surface area contributed by atoms with Gasteiger partial charge in [0, 0.05) is 21.4 Å². The Balaban J connectivity index is 2.01. The average molecular weight is 322 g/mol. The SMILES string of the molecule is CB1C(c2ccccc2)[SiH]C(c2ccn[nH]2)B(C)N1C(C)(C)C. The molecular weight excluding hydrogens is 296 g/mol. The van der Waals surface area contributed by atoms with Gasteiger partial charge in [0.2, 0.25) is 13.7 Å². The quantitative estimate of drug-likeness (QED) is 0.862. The van der Waals surface area contributed by atoms with Gasteiger partial charge in [-0.2, -0.15) is 5.10 Å². The van der Waals surface area contributed by atoms with Crippen molar-refractivity contribution < 1.29 is 0 Å². The molecule has 2 unspecified atom stereocenters. The molecule has 3 rings (SSSR count). The Hall–Kier alpha value is -1.26. The van der Waals surface area contributed by atoms with Crippen LogP contribution in [0.25, 0.3) is 0 Å². The molecule has 119 valence electrons. The van der Waals surface area contributed by atoms with Gasteiger partial charge in [0.15, 0.2) is 0 Å². The molecule has 23 heavy (non-hydrogen) atoms. The van der Waals surface area contributed by atoms with E-state index in [1.54, 1.807) is 0 Å². The van der Waals surface area contributed by atoms with Crippen LogP contribution in [0.5, 0.6) is 0 Å². The van der Waals surface area contributed by atoms with E-state index in [1.807, 2.05) is 6.20 Å². The number of H-pyrrole nitrogens is 1. The summed E-state index contributed by atoms with van der Waals surface area (Å²) in [4.78, 5) is 0. The normalized spacial score (nSPS) is 23.3. The minimum absolute atomic E-state index is 0.157. The van der Waals surface area contributed by atoms with E-state index >= 15 is 0 Å². The third kappa shape index (κ3) is 3.19. The van der Waals surface area contributed by atoms with Gasteiger partial charge in [0.05, 0.1) is 0 Å². The highest BCUT2D eigenvalue weighted by molar-refractivity contribution is 6.88. The summed E-state index contributed by atoms with van der Waals surface area (Å²) in [7, 11) is 0.270. The van der Waals surface area contributed by atoms with Crippen LogP contribution in [0, 0.1) is 0 Å². The largest absolute Gasteiger partial charge is 0.379 e. The molecule has 2 heterocycles. The zero-order valence-corrected chi connectivity index (χ0v) is 16.0. The van der Waals surface area contributed by atoms with Crippen molar-refractivity contribution in [3.05, 3.63) is 53.9 Å². The van der Waals surface area contributed by atoms with Crippen LogP contribution in [0.4, 0.5) is 0 Å². The van der Waals surface area contributed by atoms with Crippen LogP contribution in [-0.4, -0.2) is 43.7 Å². The predicted octanol–water partition coefficient (Wildman–Crippen LogP) is 3.06. The fourth-order valence-corrected chi connectivity index (χ4v) is 6.66. The van der Waals surface area contributed by atoms with E-state index in [0.717, 1.165) is 0 Å². The first-order chi connectivity index (χ1) is 10.9. The summed E-state index contributed by atoms with van der Waals surface area (Å²) in [6.45, 7) is 12.9. The minimum atomic E-state index is 0.157. The summed E-state index contributed by atoms with van der Waals surface area (Å²) in [5, 5.41) is 7.45. The number of aromatic nitrogens is 2. The van der Waals surface area contributed by atoms with Crippen LogP contribution in [0.3, 0.4) is 0 Å². The molecule has 1 saturated heterocycles. The van der Waals surface area contributed by atoms with Gasteiger partial charge < -0.3 is 4.72 Å². The lowest BCUT2D eigenvalue weighted by molar-refractivity contribution is 0.356. The summed E-state index contributed by atoms with van der Waals surface area (Å²) in [6.07, 6.45) is 1.89. The van der Waals surface area contributed by atoms with Crippen LogP contribution in [-0.2, 0) is 0 Å². The van der Waals surface area contributed by atoms with Gasteiger partial charge in [-0.1, -0.05) is 49.5 Å². The second-order valence-corrected chi connectivity index (χ2v) is 9.55. The Labute approximate surface area is 143 Å². The van der Waals surface area contributed by atoms with Gasteiger partial charge in [-0.15, -0.1) is 0 Å². The highest BCUT2D eigenvalue weighted by Crippen LogP contribution is 2.37. The second kappa shape index (κ2) is 6.33. The molecule has 1 N–H and O–H groups in total. The van der Waals surface area contributed by atoms with E-state index in [0.29, 0.717) is 24.6 Å². The van der Waals surface area contributed by atoms with E-state index in [2.05, 4.69) is 85.7 Å². The van der Waals surface area contributed by atoms with E-state index < -0.39 is 0 Å². The number of aromatic amines is 1. The van der Waals surface area contributed by atoms with E-state index in [9.17, 15) is 0 Å². The standard InChI is InChI=1S/C17H26B2N3Si/c1-17(2,3)22-18(4)15(13-9-7-6-8-10-13)23-16(19(22)5)14-11-12-20-21-14/h6-12,15-16,23H,1-5H3,(H,20,21). The summed E-state index contributed by atoms with van der Waals surface area (Å²) < 4.78 is 2.71. The zero-order valence-electron chi connectivity index (χ0n) is 14.8. The molecule has 2 atom stereocenters. The summed E-state index contributed by atoms with van der Waals surface area (Å²) in [5.41, 5.74) is 4.14. The zero-order chi connectivity index (χ0) is 16.6. The van der Waals surface area contributed by atoms with E-state index in [1.165, 1.54) is 11.3 Å². The van der Waals surface area contributed by atoms with Crippen LogP contribution >= 0.6 is 0 Å². The number of benzene rings is 1. The molecule has 1 aliphatic rings. The lowest BCUT2D eigenvalue weighted by Crippen LogP contribution is -2.66. The van der Waals surface area contributed by atoms with Crippen molar-refractivity contribution in [1.29, 1.82) is 0 Å². The van der Waals surface area contributed by atoms with Gasteiger partial charge in [-0.3, -0.25) is 5.10 Å². The fraction of sp³-hybridized carbons (Fsp3) is 0.471. The topological polar surface area (TPSA) is 31.9 Å². The Kier molecular flexibility index (Phi) is 4.56. The van der Waals surface area contributed by atoms with Gasteiger partial charge in [0.1, 0.15) is 0 Å². The Morgan fingerprint density at radius 3 is 2.26 bits per heavy atom. The molecule has 0 spiro atoms. The van der Waals surface area contributed by atoms with E-state index in [-0.39, 0.29) is 15.1 Å². The molecular formula is C17H26B2N3Si. The second-order valence-electron chi connectivity index (χ2n) is 7.73. The molecule has 0 aliphatic carbocycles. The number of rotatable bonds is 2. The molecule has 1 fully saturated rings.